The number of nitrogens with two attached hydrogens (primary N) is 1. The van der Waals surface area contributed by atoms with Gasteiger partial charge in [-0.3, -0.25) is 0 Å². The average Bonchev–Trinajstić information content (AvgIpc) is 2.65. The number of sulfonamides is 1. The van der Waals surface area contributed by atoms with E-state index in [-0.39, 0.29) is 13.1 Å². The molecule has 0 amide bonds. The number of halogens is 2. The highest BCUT2D eigenvalue weighted by atomic mass is 32.2. The van der Waals surface area contributed by atoms with Crippen LogP contribution >= 0.6 is 0 Å². The van der Waals surface area contributed by atoms with E-state index < -0.39 is 44.4 Å². The summed E-state index contributed by atoms with van der Waals surface area (Å²) in [4.78, 5) is -0.785. The Kier molecular flexibility index (Phi) is 3.47. The van der Waals surface area contributed by atoms with Crippen LogP contribution in [0.5, 0.6) is 0 Å². The van der Waals surface area contributed by atoms with Crippen LogP contribution in [-0.2, 0) is 10.0 Å². The van der Waals surface area contributed by atoms with E-state index >= 15 is 0 Å². The minimum Gasteiger partial charge on any atom is -0.396 e. The minimum absolute atomic E-state index is 0.361. The van der Waals surface area contributed by atoms with Gasteiger partial charge in [0.2, 0.25) is 10.0 Å². The zero-order valence-corrected chi connectivity index (χ0v) is 10.4. The summed E-state index contributed by atoms with van der Waals surface area (Å²) in [5.74, 6) is -2.33. The van der Waals surface area contributed by atoms with Crippen molar-refractivity contribution < 1.29 is 27.4 Å². The molecule has 1 aliphatic heterocycles. The third kappa shape index (κ3) is 2.41. The van der Waals surface area contributed by atoms with Gasteiger partial charge < -0.3 is 15.9 Å². The molecule has 2 rings (SSSR count). The Hall–Kier alpha value is -1.29. The number of anilines is 1. The number of hydrogen-bond donors (Lipinski definition) is 3. The summed E-state index contributed by atoms with van der Waals surface area (Å²) in [5, 5.41) is 18.6. The summed E-state index contributed by atoms with van der Waals surface area (Å²) in [6.45, 7) is -0.722. The number of hydrogen-bond acceptors (Lipinski definition) is 5. The predicted octanol–water partition coefficient (Wildman–Crippen LogP) is -0.727. The Morgan fingerprint density at radius 2 is 1.68 bits per heavy atom. The monoisotopic (exact) mass is 294 g/mol. The van der Waals surface area contributed by atoms with Crippen LogP contribution in [0, 0.1) is 11.6 Å². The van der Waals surface area contributed by atoms with Gasteiger partial charge in [-0.05, 0) is 6.07 Å². The highest BCUT2D eigenvalue weighted by molar-refractivity contribution is 7.89. The van der Waals surface area contributed by atoms with Gasteiger partial charge in [-0.15, -0.1) is 0 Å². The zero-order chi connectivity index (χ0) is 14.4. The number of benzene rings is 1. The molecular weight excluding hydrogens is 282 g/mol. The molecule has 1 aliphatic rings. The lowest BCUT2D eigenvalue weighted by molar-refractivity contribution is 0.0572. The van der Waals surface area contributed by atoms with Crippen molar-refractivity contribution in [3.63, 3.8) is 0 Å². The van der Waals surface area contributed by atoms with E-state index in [9.17, 15) is 27.4 Å². The smallest absolute Gasteiger partial charge is 0.246 e. The van der Waals surface area contributed by atoms with Crippen molar-refractivity contribution in [3.05, 3.63) is 23.8 Å². The van der Waals surface area contributed by atoms with Crippen molar-refractivity contribution >= 4 is 15.7 Å². The maximum absolute atomic E-state index is 13.5. The van der Waals surface area contributed by atoms with Gasteiger partial charge in [-0.25, -0.2) is 17.2 Å². The van der Waals surface area contributed by atoms with E-state index in [1.54, 1.807) is 0 Å². The number of rotatable bonds is 2. The molecule has 1 aromatic carbocycles. The largest absolute Gasteiger partial charge is 0.396 e. The number of aliphatic hydroxyl groups is 2. The Labute approximate surface area is 108 Å². The van der Waals surface area contributed by atoms with Crippen LogP contribution in [0.2, 0.25) is 0 Å². The number of aliphatic hydroxyl groups excluding tert-OH is 2. The van der Waals surface area contributed by atoms with Gasteiger partial charge in [0.1, 0.15) is 16.5 Å². The lowest BCUT2D eigenvalue weighted by Crippen LogP contribution is -2.30. The normalized spacial score (nSPS) is 24.8. The molecule has 2 unspecified atom stereocenters. The van der Waals surface area contributed by atoms with Crippen LogP contribution in [0.3, 0.4) is 0 Å². The van der Waals surface area contributed by atoms with Crippen molar-refractivity contribution in [1.29, 1.82) is 0 Å². The molecule has 6 nitrogen and oxygen atoms in total. The summed E-state index contributed by atoms with van der Waals surface area (Å²) in [6.07, 6.45) is -2.48. The fourth-order valence-corrected chi connectivity index (χ4v) is 3.37. The zero-order valence-electron chi connectivity index (χ0n) is 9.62. The topological polar surface area (TPSA) is 104 Å². The highest BCUT2D eigenvalue weighted by Gasteiger charge is 2.38. The Bertz CT molecular complexity index is 598. The van der Waals surface area contributed by atoms with Crippen molar-refractivity contribution in [2.45, 2.75) is 17.1 Å². The first-order chi connectivity index (χ1) is 8.73. The second kappa shape index (κ2) is 4.67. The Balaban J connectivity index is 2.43. The molecule has 0 spiro atoms. The van der Waals surface area contributed by atoms with Gasteiger partial charge >= 0.3 is 0 Å². The minimum atomic E-state index is -4.28. The second-order valence-corrected chi connectivity index (χ2v) is 6.17. The molecule has 1 aromatic rings. The van der Waals surface area contributed by atoms with Gasteiger partial charge in [-0.2, -0.15) is 4.31 Å². The molecule has 0 aromatic heterocycles. The summed E-state index contributed by atoms with van der Waals surface area (Å²) >= 11 is 0. The van der Waals surface area contributed by atoms with Gasteiger partial charge in [0, 0.05) is 19.2 Å². The van der Waals surface area contributed by atoms with Crippen molar-refractivity contribution in [2.75, 3.05) is 18.8 Å². The van der Waals surface area contributed by atoms with Crippen LogP contribution in [-0.4, -0.2) is 48.2 Å². The summed E-state index contributed by atoms with van der Waals surface area (Å²) in [5.41, 5.74) is 4.72. The van der Waals surface area contributed by atoms with E-state index in [4.69, 9.17) is 5.73 Å². The quantitative estimate of drug-likeness (QED) is 0.624. The SMILES string of the molecule is Nc1cc(S(=O)(=O)N2CC(O)C(O)C2)c(F)cc1F. The first kappa shape index (κ1) is 14.1. The molecule has 1 heterocycles. The van der Waals surface area contributed by atoms with Crippen LogP contribution in [0.1, 0.15) is 0 Å². The van der Waals surface area contributed by atoms with Crippen molar-refractivity contribution in [1.82, 2.24) is 4.31 Å². The molecule has 19 heavy (non-hydrogen) atoms. The molecule has 2 atom stereocenters. The molecule has 0 bridgehead atoms. The summed E-state index contributed by atoms with van der Waals surface area (Å²) in [6, 6.07) is 1.06. The molecule has 0 aliphatic carbocycles. The maximum Gasteiger partial charge on any atom is 0.246 e. The first-order valence-electron chi connectivity index (χ1n) is 5.34. The number of nitrogen functional groups attached to an aromatic ring is 1. The van der Waals surface area contributed by atoms with E-state index in [2.05, 4.69) is 0 Å². The molecule has 106 valence electrons. The first-order valence-corrected chi connectivity index (χ1v) is 6.78. The standard InChI is InChI=1S/C10H12F2N2O4S/c11-5-1-6(12)10(2-7(5)13)19(17,18)14-3-8(15)9(16)4-14/h1-2,8-9,15-16H,3-4,13H2. The molecular formula is C10H12F2N2O4S. The van der Waals surface area contributed by atoms with E-state index in [1.165, 1.54) is 0 Å². The third-order valence-electron chi connectivity index (χ3n) is 2.89. The number of β-amino-alcohol motifs (C(OH)–C–C–N with tert-alkyl or cyclic N) is 2. The fraction of sp³-hybridized carbons (Fsp3) is 0.400. The molecule has 0 radical (unpaired) electrons. The van der Waals surface area contributed by atoms with Gasteiger partial charge in [0.15, 0.2) is 0 Å². The lowest BCUT2D eigenvalue weighted by Gasteiger charge is -2.16. The Morgan fingerprint density at radius 3 is 2.21 bits per heavy atom. The lowest BCUT2D eigenvalue weighted by atomic mass is 10.3. The number of nitrogens with zero attached hydrogens (tertiary/aromatic N) is 1. The maximum atomic E-state index is 13.5. The Morgan fingerprint density at radius 1 is 1.16 bits per heavy atom. The van der Waals surface area contributed by atoms with Crippen molar-refractivity contribution in [2.24, 2.45) is 0 Å². The van der Waals surface area contributed by atoms with E-state index in [0.29, 0.717) is 12.1 Å². The molecule has 4 N–H and O–H groups in total. The van der Waals surface area contributed by atoms with Crippen LogP contribution in [0.15, 0.2) is 17.0 Å². The molecule has 9 heteroatoms. The van der Waals surface area contributed by atoms with Crippen LogP contribution in [0.4, 0.5) is 14.5 Å². The molecule has 0 saturated carbocycles. The van der Waals surface area contributed by atoms with E-state index in [1.807, 2.05) is 0 Å². The average molecular weight is 294 g/mol. The summed E-state index contributed by atoms with van der Waals surface area (Å²) in [7, 11) is -4.28. The van der Waals surface area contributed by atoms with Gasteiger partial charge in [-0.1, -0.05) is 0 Å². The molecule has 1 fully saturated rings. The molecule has 1 saturated heterocycles. The fourth-order valence-electron chi connectivity index (χ4n) is 1.81. The van der Waals surface area contributed by atoms with Crippen molar-refractivity contribution in [3.8, 4) is 0 Å². The van der Waals surface area contributed by atoms with Gasteiger partial charge in [0.25, 0.3) is 0 Å². The van der Waals surface area contributed by atoms with Crippen LogP contribution < -0.4 is 5.73 Å². The summed E-state index contributed by atoms with van der Waals surface area (Å²) < 4.78 is 51.5. The van der Waals surface area contributed by atoms with Crippen LogP contribution in [0.25, 0.3) is 0 Å². The predicted molar refractivity (Wildman–Crippen MR) is 61.5 cm³/mol. The highest BCUT2D eigenvalue weighted by Crippen LogP contribution is 2.26. The second-order valence-electron chi connectivity index (χ2n) is 4.26. The van der Waals surface area contributed by atoms with Gasteiger partial charge in [0.05, 0.1) is 17.9 Å². The third-order valence-corrected chi connectivity index (χ3v) is 4.74. The van der Waals surface area contributed by atoms with E-state index in [0.717, 1.165) is 4.31 Å².